The molecule has 0 radical (unpaired) electrons. The smallest absolute Gasteiger partial charge is 0.150 e. The minimum atomic E-state index is -1.20. The highest BCUT2D eigenvalue weighted by molar-refractivity contribution is 14.1. The zero-order valence-corrected chi connectivity index (χ0v) is 11.4. The third kappa shape index (κ3) is 3.05. The van der Waals surface area contributed by atoms with E-state index in [0.717, 1.165) is 14.2 Å². The van der Waals surface area contributed by atoms with Gasteiger partial charge >= 0.3 is 0 Å². The topological polar surface area (TPSA) is 29.1 Å². The molecule has 2 aromatic carbocycles. The van der Waals surface area contributed by atoms with Gasteiger partial charge in [0.1, 0.15) is 11.0 Å². The maximum absolute atomic E-state index is 11.9. The predicted molar refractivity (Wildman–Crippen MR) is 75.6 cm³/mol. The number of hydrogen-bond donors (Lipinski definition) is 1. The van der Waals surface area contributed by atoms with E-state index in [4.69, 9.17) is 0 Å². The summed E-state index contributed by atoms with van der Waals surface area (Å²) in [5.41, 5.74) is 0.861. The van der Waals surface area contributed by atoms with Gasteiger partial charge in [0.05, 0.1) is 4.90 Å². The van der Waals surface area contributed by atoms with E-state index in [1.807, 2.05) is 54.6 Å². The highest BCUT2D eigenvalue weighted by atomic mass is 127. The van der Waals surface area contributed by atoms with Crippen molar-refractivity contribution < 1.29 is 4.21 Å². The zero-order valence-electron chi connectivity index (χ0n) is 8.39. The largest absolute Gasteiger partial charge is 0.301 e. The SMILES string of the molecule is O=S(Nc1ccccc1)c1ccc(I)cc1. The molecular formula is C12H10INOS. The molecule has 16 heavy (non-hydrogen) atoms. The van der Waals surface area contributed by atoms with Gasteiger partial charge in [-0.1, -0.05) is 18.2 Å². The molecule has 0 aliphatic rings. The Kier molecular flexibility index (Phi) is 3.95. The van der Waals surface area contributed by atoms with E-state index in [0.29, 0.717) is 0 Å². The maximum Gasteiger partial charge on any atom is 0.150 e. The van der Waals surface area contributed by atoms with Crippen molar-refractivity contribution >= 4 is 39.3 Å². The van der Waals surface area contributed by atoms with Gasteiger partial charge in [-0.05, 0) is 59.0 Å². The summed E-state index contributed by atoms with van der Waals surface area (Å²) >= 11 is 2.22. The molecule has 0 aliphatic carbocycles. The Bertz CT molecular complexity index is 484. The van der Waals surface area contributed by atoms with Crippen LogP contribution in [0.3, 0.4) is 0 Å². The van der Waals surface area contributed by atoms with Crippen LogP contribution in [0.5, 0.6) is 0 Å². The normalized spacial score (nSPS) is 12.1. The van der Waals surface area contributed by atoms with E-state index in [-0.39, 0.29) is 0 Å². The average Bonchev–Trinajstić information content (AvgIpc) is 2.31. The van der Waals surface area contributed by atoms with Gasteiger partial charge < -0.3 is 4.72 Å². The molecule has 2 rings (SSSR count). The zero-order chi connectivity index (χ0) is 11.4. The third-order valence-electron chi connectivity index (χ3n) is 2.01. The van der Waals surface area contributed by atoms with E-state index >= 15 is 0 Å². The van der Waals surface area contributed by atoms with Crippen molar-refractivity contribution in [2.45, 2.75) is 4.90 Å². The molecule has 0 bridgehead atoms. The molecule has 1 N–H and O–H groups in total. The van der Waals surface area contributed by atoms with Gasteiger partial charge in [-0.2, -0.15) is 0 Å². The van der Waals surface area contributed by atoms with Crippen molar-refractivity contribution in [3.8, 4) is 0 Å². The van der Waals surface area contributed by atoms with Crippen molar-refractivity contribution in [2.24, 2.45) is 0 Å². The van der Waals surface area contributed by atoms with Gasteiger partial charge in [0.25, 0.3) is 0 Å². The minimum absolute atomic E-state index is 0.782. The van der Waals surface area contributed by atoms with Crippen molar-refractivity contribution in [1.29, 1.82) is 0 Å². The Morgan fingerprint density at radius 1 is 0.938 bits per heavy atom. The summed E-state index contributed by atoms with van der Waals surface area (Å²) in [5.74, 6) is 0. The van der Waals surface area contributed by atoms with Gasteiger partial charge in [0.2, 0.25) is 0 Å². The second-order valence-electron chi connectivity index (χ2n) is 3.19. The van der Waals surface area contributed by atoms with E-state index in [2.05, 4.69) is 27.3 Å². The van der Waals surface area contributed by atoms with Crippen LogP contribution in [-0.2, 0) is 11.0 Å². The fourth-order valence-corrected chi connectivity index (χ4v) is 2.44. The highest BCUT2D eigenvalue weighted by Crippen LogP contribution is 2.13. The van der Waals surface area contributed by atoms with Gasteiger partial charge in [0.15, 0.2) is 0 Å². The summed E-state index contributed by atoms with van der Waals surface area (Å²) in [6.07, 6.45) is 0. The molecule has 0 heterocycles. The molecule has 0 saturated heterocycles. The van der Waals surface area contributed by atoms with Gasteiger partial charge in [-0.15, -0.1) is 0 Å². The second-order valence-corrected chi connectivity index (χ2v) is 5.65. The molecular weight excluding hydrogens is 333 g/mol. The summed E-state index contributed by atoms with van der Waals surface area (Å²) in [7, 11) is -1.20. The summed E-state index contributed by atoms with van der Waals surface area (Å²) in [6.45, 7) is 0. The second kappa shape index (κ2) is 5.45. The molecule has 82 valence electrons. The predicted octanol–water partition coefficient (Wildman–Crippen LogP) is 3.43. The number of nitrogens with one attached hydrogen (secondary N) is 1. The van der Waals surface area contributed by atoms with Crippen LogP contribution in [0.25, 0.3) is 0 Å². The fraction of sp³-hybridized carbons (Fsp3) is 0. The molecule has 0 amide bonds. The van der Waals surface area contributed by atoms with Gasteiger partial charge in [-0.25, -0.2) is 4.21 Å². The highest BCUT2D eigenvalue weighted by Gasteiger charge is 2.02. The quantitative estimate of drug-likeness (QED) is 0.850. The maximum atomic E-state index is 11.9. The number of anilines is 1. The number of para-hydroxylation sites is 1. The van der Waals surface area contributed by atoms with Crippen LogP contribution in [0.2, 0.25) is 0 Å². The third-order valence-corrected chi connectivity index (χ3v) is 3.85. The molecule has 1 unspecified atom stereocenters. The van der Waals surface area contributed by atoms with E-state index < -0.39 is 11.0 Å². The van der Waals surface area contributed by atoms with Crippen molar-refractivity contribution in [3.05, 3.63) is 58.2 Å². The Morgan fingerprint density at radius 2 is 1.56 bits per heavy atom. The molecule has 2 nitrogen and oxygen atoms in total. The molecule has 0 fully saturated rings. The lowest BCUT2D eigenvalue weighted by molar-refractivity contribution is 0.686. The van der Waals surface area contributed by atoms with Crippen LogP contribution >= 0.6 is 22.6 Å². The average molecular weight is 343 g/mol. The summed E-state index contributed by atoms with van der Waals surface area (Å²) in [4.78, 5) is 0.782. The lowest BCUT2D eigenvalue weighted by Gasteiger charge is -2.05. The van der Waals surface area contributed by atoms with Gasteiger partial charge in [0, 0.05) is 9.26 Å². The van der Waals surface area contributed by atoms with Gasteiger partial charge in [-0.3, -0.25) is 0 Å². The first-order valence-corrected chi connectivity index (χ1v) is 6.97. The molecule has 0 saturated carbocycles. The lowest BCUT2D eigenvalue weighted by atomic mass is 10.3. The first kappa shape index (κ1) is 11.6. The van der Waals surface area contributed by atoms with E-state index in [9.17, 15) is 4.21 Å². The standard InChI is InChI=1S/C12H10INOS/c13-10-6-8-12(9-7-10)16(15)14-11-4-2-1-3-5-11/h1-9,14H. The Hall–Kier alpha value is -0.880. The number of benzene rings is 2. The van der Waals surface area contributed by atoms with Crippen LogP contribution in [0, 0.1) is 3.57 Å². The molecule has 0 aliphatic heterocycles. The Labute approximate surface area is 111 Å². The Morgan fingerprint density at radius 3 is 2.19 bits per heavy atom. The lowest BCUT2D eigenvalue weighted by Crippen LogP contribution is -2.04. The molecule has 0 aromatic heterocycles. The minimum Gasteiger partial charge on any atom is -0.301 e. The van der Waals surface area contributed by atoms with E-state index in [1.54, 1.807) is 0 Å². The summed E-state index contributed by atoms with van der Waals surface area (Å²) < 4.78 is 16.0. The molecule has 4 heteroatoms. The monoisotopic (exact) mass is 343 g/mol. The van der Waals surface area contributed by atoms with Crippen LogP contribution in [0.4, 0.5) is 5.69 Å². The molecule has 0 spiro atoms. The number of halogens is 1. The summed E-state index contributed by atoms with van der Waals surface area (Å²) in [6, 6.07) is 17.2. The summed E-state index contributed by atoms with van der Waals surface area (Å²) in [5, 5.41) is 0. The first-order valence-electron chi connectivity index (χ1n) is 4.75. The first-order chi connectivity index (χ1) is 7.75. The van der Waals surface area contributed by atoms with Crippen LogP contribution in [0.1, 0.15) is 0 Å². The van der Waals surface area contributed by atoms with Crippen molar-refractivity contribution in [1.82, 2.24) is 0 Å². The van der Waals surface area contributed by atoms with Crippen LogP contribution in [0.15, 0.2) is 59.5 Å². The van der Waals surface area contributed by atoms with E-state index in [1.165, 1.54) is 0 Å². The number of hydrogen-bond acceptors (Lipinski definition) is 1. The van der Waals surface area contributed by atoms with Crippen LogP contribution < -0.4 is 4.72 Å². The molecule has 1 atom stereocenters. The van der Waals surface area contributed by atoms with Crippen molar-refractivity contribution in [3.63, 3.8) is 0 Å². The Balaban J connectivity index is 2.12. The fourth-order valence-electron chi connectivity index (χ4n) is 1.23. The van der Waals surface area contributed by atoms with Crippen LogP contribution in [-0.4, -0.2) is 4.21 Å². The molecule has 2 aromatic rings. The number of rotatable bonds is 3. The van der Waals surface area contributed by atoms with Crippen molar-refractivity contribution in [2.75, 3.05) is 4.72 Å².